The number of likely N-dealkylation sites (tertiary alicyclic amines) is 1. The zero-order valence-electron chi connectivity index (χ0n) is 23.1. The van der Waals surface area contributed by atoms with Crippen LogP contribution in [-0.4, -0.2) is 87.1 Å². The highest BCUT2D eigenvalue weighted by molar-refractivity contribution is 5.78. The van der Waals surface area contributed by atoms with Crippen molar-refractivity contribution in [3.8, 4) is 5.82 Å². The van der Waals surface area contributed by atoms with E-state index in [1.165, 1.54) is 4.57 Å². The Bertz CT molecular complexity index is 1290. The highest BCUT2D eigenvalue weighted by atomic mass is 19.3. The molecule has 0 spiro atoms. The van der Waals surface area contributed by atoms with Crippen molar-refractivity contribution in [2.75, 3.05) is 56.2 Å². The van der Waals surface area contributed by atoms with E-state index in [9.17, 15) is 13.9 Å². The molecule has 0 amide bonds. The molecule has 216 valence electrons. The summed E-state index contributed by atoms with van der Waals surface area (Å²) in [6.07, 6.45) is 3.32. The summed E-state index contributed by atoms with van der Waals surface area (Å²) in [5.41, 5.74) is 0.591. The van der Waals surface area contributed by atoms with Crippen molar-refractivity contribution < 1.29 is 18.6 Å². The molecule has 2 aliphatic heterocycles. The van der Waals surface area contributed by atoms with E-state index in [2.05, 4.69) is 15.2 Å². The van der Waals surface area contributed by atoms with Crippen molar-refractivity contribution in [2.45, 2.75) is 63.5 Å². The predicted molar refractivity (Wildman–Crippen MR) is 150 cm³/mol. The smallest absolute Gasteiger partial charge is 0.296 e. The number of hydrogen-bond donors (Lipinski definition) is 2. The van der Waals surface area contributed by atoms with Crippen LogP contribution in [0.4, 0.5) is 20.5 Å². The van der Waals surface area contributed by atoms with Crippen LogP contribution in [0.1, 0.15) is 57.7 Å². The lowest BCUT2D eigenvalue weighted by Crippen LogP contribution is -2.46. The third kappa shape index (κ3) is 5.91. The van der Waals surface area contributed by atoms with Gasteiger partial charge >= 0.3 is 0 Å². The summed E-state index contributed by atoms with van der Waals surface area (Å²) in [5.74, 6) is 1.69. The third-order valence-corrected chi connectivity index (χ3v) is 8.78. The zero-order valence-corrected chi connectivity index (χ0v) is 23.1. The normalized spacial score (nSPS) is 25.1. The van der Waals surface area contributed by atoms with Crippen LogP contribution in [0.3, 0.4) is 0 Å². The number of piperidine rings is 1. The van der Waals surface area contributed by atoms with Gasteiger partial charge in [-0.2, -0.15) is 9.97 Å². The van der Waals surface area contributed by atoms with Gasteiger partial charge in [-0.05, 0) is 76.6 Å². The number of rotatable bonds is 7. The van der Waals surface area contributed by atoms with E-state index in [1.807, 2.05) is 17.9 Å². The first-order valence-corrected chi connectivity index (χ1v) is 14.5. The Balaban J connectivity index is 1.20. The summed E-state index contributed by atoms with van der Waals surface area (Å²) in [7, 11) is 0. The molecule has 1 aromatic carbocycles. The molecule has 1 saturated carbocycles. The summed E-state index contributed by atoms with van der Waals surface area (Å²) >= 11 is 0. The molecule has 11 heteroatoms. The van der Waals surface area contributed by atoms with Crippen LogP contribution >= 0.6 is 0 Å². The molecule has 3 aliphatic rings. The van der Waals surface area contributed by atoms with Crippen LogP contribution in [0, 0.1) is 5.92 Å². The van der Waals surface area contributed by atoms with Gasteiger partial charge in [-0.15, -0.1) is 0 Å². The number of hydrogen-bond acceptors (Lipinski definition) is 8. The summed E-state index contributed by atoms with van der Waals surface area (Å²) in [5, 5.41) is 13.8. The second-order valence-corrected chi connectivity index (χ2v) is 11.7. The Labute approximate surface area is 233 Å². The molecule has 3 fully saturated rings. The Kier molecular flexibility index (Phi) is 7.87. The van der Waals surface area contributed by atoms with Gasteiger partial charge in [0.15, 0.2) is 5.82 Å². The third-order valence-electron chi connectivity index (χ3n) is 8.78. The Hall–Kier alpha value is -2.89. The number of morpholine rings is 1. The zero-order chi connectivity index (χ0) is 27.7. The molecular weight excluding hydrogens is 516 g/mol. The molecule has 1 aliphatic carbocycles. The number of ether oxygens (including phenoxy) is 1. The summed E-state index contributed by atoms with van der Waals surface area (Å²) in [6, 6.07) is 9.48. The van der Waals surface area contributed by atoms with Crippen LogP contribution in [0.15, 0.2) is 30.3 Å². The highest BCUT2D eigenvalue weighted by Crippen LogP contribution is 2.33. The second-order valence-electron chi connectivity index (χ2n) is 11.7. The fourth-order valence-corrected chi connectivity index (χ4v) is 6.32. The topological polar surface area (TPSA) is 91.6 Å². The lowest BCUT2D eigenvalue weighted by Gasteiger charge is -2.42. The SMILES string of the molecule is CC1(O)CCC(N2CCC(CNc3cc(-n4c(C(F)F)nc5ccccc54)nc(N4CCOCC4)n3)CC2)CC1. The van der Waals surface area contributed by atoms with Crippen molar-refractivity contribution in [3.63, 3.8) is 0 Å². The van der Waals surface area contributed by atoms with Crippen molar-refractivity contribution in [1.82, 2.24) is 24.4 Å². The van der Waals surface area contributed by atoms with Gasteiger partial charge in [0.1, 0.15) is 11.6 Å². The average molecular weight is 556 g/mol. The molecule has 6 rings (SSSR count). The molecular formula is C29H39F2N7O2. The first kappa shape index (κ1) is 27.3. The quantitative estimate of drug-likeness (QED) is 0.443. The van der Waals surface area contributed by atoms with Gasteiger partial charge in [-0.1, -0.05) is 12.1 Å². The van der Waals surface area contributed by atoms with Crippen LogP contribution in [-0.2, 0) is 4.74 Å². The van der Waals surface area contributed by atoms with Gasteiger partial charge in [0.2, 0.25) is 5.95 Å². The Morgan fingerprint density at radius 3 is 2.48 bits per heavy atom. The van der Waals surface area contributed by atoms with Crippen molar-refractivity contribution in [3.05, 3.63) is 36.2 Å². The maximum absolute atomic E-state index is 14.1. The number of para-hydroxylation sites is 2. The number of fused-ring (bicyclic) bond motifs is 1. The largest absolute Gasteiger partial charge is 0.390 e. The van der Waals surface area contributed by atoms with Gasteiger partial charge in [0.05, 0.1) is 29.8 Å². The summed E-state index contributed by atoms with van der Waals surface area (Å²) in [4.78, 5) is 18.4. The summed E-state index contributed by atoms with van der Waals surface area (Å²) < 4.78 is 35.2. The minimum absolute atomic E-state index is 0.324. The maximum Gasteiger partial charge on any atom is 0.296 e. The van der Waals surface area contributed by atoms with Crippen LogP contribution in [0.5, 0.6) is 0 Å². The highest BCUT2D eigenvalue weighted by Gasteiger charge is 2.33. The van der Waals surface area contributed by atoms with E-state index in [0.717, 1.165) is 58.2 Å². The molecule has 0 radical (unpaired) electrons. The fourth-order valence-electron chi connectivity index (χ4n) is 6.32. The fraction of sp³-hybridized carbons (Fsp3) is 0.621. The molecule has 2 aromatic heterocycles. The number of alkyl halides is 2. The number of aromatic nitrogens is 4. The van der Waals surface area contributed by atoms with Gasteiger partial charge in [-0.25, -0.2) is 13.8 Å². The van der Waals surface area contributed by atoms with Gasteiger partial charge in [0.25, 0.3) is 6.43 Å². The lowest BCUT2D eigenvalue weighted by molar-refractivity contribution is -0.0106. The van der Waals surface area contributed by atoms with E-state index >= 15 is 0 Å². The van der Waals surface area contributed by atoms with E-state index in [4.69, 9.17) is 14.7 Å². The number of imidazole rings is 1. The molecule has 0 unspecified atom stereocenters. The Morgan fingerprint density at radius 2 is 1.75 bits per heavy atom. The van der Waals surface area contributed by atoms with E-state index in [-0.39, 0.29) is 5.82 Å². The van der Waals surface area contributed by atoms with Crippen LogP contribution < -0.4 is 10.2 Å². The monoisotopic (exact) mass is 555 g/mol. The van der Waals surface area contributed by atoms with Gasteiger partial charge < -0.3 is 25.0 Å². The standard InChI is InChI=1S/C29H39F2N7O2/c1-29(39)10-6-21(7-11-29)36-12-8-20(9-13-36)19-32-24-18-25(35-28(34-24)37-14-16-40-17-15-37)38-23-5-3-2-4-22(23)33-27(38)26(30)31/h2-5,18,20-21,26,39H,6-17,19H2,1H3,(H,32,34,35). The molecule has 4 heterocycles. The number of anilines is 2. The minimum atomic E-state index is -2.74. The number of aliphatic hydroxyl groups is 1. The molecule has 3 aromatic rings. The number of nitrogens with one attached hydrogen (secondary N) is 1. The van der Waals surface area contributed by atoms with Crippen molar-refractivity contribution in [1.29, 1.82) is 0 Å². The molecule has 9 nitrogen and oxygen atoms in total. The number of nitrogens with zero attached hydrogens (tertiary/aromatic N) is 6. The number of benzene rings is 1. The first-order chi connectivity index (χ1) is 19.4. The lowest BCUT2D eigenvalue weighted by atomic mass is 9.82. The molecule has 0 atom stereocenters. The average Bonchev–Trinajstić information content (AvgIpc) is 3.37. The molecule has 40 heavy (non-hydrogen) atoms. The maximum atomic E-state index is 14.1. The van der Waals surface area contributed by atoms with Gasteiger partial charge in [0, 0.05) is 31.7 Å². The minimum Gasteiger partial charge on any atom is -0.390 e. The van der Waals surface area contributed by atoms with E-state index in [1.54, 1.807) is 24.3 Å². The summed E-state index contributed by atoms with van der Waals surface area (Å²) in [6.45, 7) is 7.27. The number of halogens is 2. The van der Waals surface area contributed by atoms with E-state index < -0.39 is 12.0 Å². The first-order valence-electron chi connectivity index (χ1n) is 14.5. The predicted octanol–water partition coefficient (Wildman–Crippen LogP) is 4.41. The van der Waals surface area contributed by atoms with Crippen molar-refractivity contribution >= 4 is 22.8 Å². The molecule has 0 bridgehead atoms. The Morgan fingerprint density at radius 1 is 1.02 bits per heavy atom. The van der Waals surface area contributed by atoms with Gasteiger partial charge in [-0.3, -0.25) is 4.57 Å². The molecule has 2 N–H and O–H groups in total. The van der Waals surface area contributed by atoms with Crippen molar-refractivity contribution in [2.24, 2.45) is 5.92 Å². The second kappa shape index (κ2) is 11.5. The van der Waals surface area contributed by atoms with Crippen LogP contribution in [0.2, 0.25) is 0 Å². The van der Waals surface area contributed by atoms with E-state index in [0.29, 0.717) is 66.9 Å². The molecule has 2 saturated heterocycles. The van der Waals surface area contributed by atoms with Crippen LogP contribution in [0.25, 0.3) is 16.9 Å².